The van der Waals surface area contributed by atoms with Crippen molar-refractivity contribution < 1.29 is 4.79 Å². The van der Waals surface area contributed by atoms with Crippen molar-refractivity contribution in [1.29, 1.82) is 0 Å². The fourth-order valence-electron chi connectivity index (χ4n) is 3.00. The van der Waals surface area contributed by atoms with Gasteiger partial charge in [-0.15, -0.1) is 0 Å². The summed E-state index contributed by atoms with van der Waals surface area (Å²) in [5.41, 5.74) is 2.58. The van der Waals surface area contributed by atoms with Crippen LogP contribution in [0.25, 0.3) is 0 Å². The van der Waals surface area contributed by atoms with Crippen LogP contribution in [0, 0.1) is 0 Å². The van der Waals surface area contributed by atoms with E-state index in [1.54, 1.807) is 18.2 Å². The molecular weight excluding hydrogens is 403 g/mol. The molecule has 2 aromatic carbocycles. The largest absolute Gasteiger partial charge is 0.324 e. The predicted molar refractivity (Wildman–Crippen MR) is 113 cm³/mol. The van der Waals surface area contributed by atoms with Crippen LogP contribution in [0.5, 0.6) is 0 Å². The Balaban J connectivity index is 1.53. The second-order valence-electron chi connectivity index (χ2n) is 6.22. The number of hydrogen-bond acceptors (Lipinski definition) is 5. The number of para-hydroxylation sites is 1. The highest BCUT2D eigenvalue weighted by molar-refractivity contribution is 8.14. The number of aliphatic imine (C=N–C) groups is 1. The van der Waals surface area contributed by atoms with Gasteiger partial charge in [-0.2, -0.15) is 5.10 Å². The van der Waals surface area contributed by atoms with E-state index in [0.29, 0.717) is 20.9 Å². The number of hydrazone groups is 1. The van der Waals surface area contributed by atoms with E-state index in [0.717, 1.165) is 17.7 Å². The third-order valence-corrected chi connectivity index (χ3v) is 6.00. The van der Waals surface area contributed by atoms with Gasteiger partial charge in [0.2, 0.25) is 5.91 Å². The molecule has 4 rings (SSSR count). The van der Waals surface area contributed by atoms with Gasteiger partial charge in [-0.25, -0.2) is 10.0 Å². The van der Waals surface area contributed by atoms with E-state index >= 15 is 0 Å². The molecule has 1 amide bonds. The summed E-state index contributed by atoms with van der Waals surface area (Å²) in [4.78, 5) is 17.4. The lowest BCUT2D eigenvalue weighted by Gasteiger charge is -2.30. The molecule has 0 unspecified atom stereocenters. The van der Waals surface area contributed by atoms with Crippen molar-refractivity contribution in [3.05, 3.63) is 58.1 Å². The highest BCUT2D eigenvalue weighted by Gasteiger charge is 2.34. The summed E-state index contributed by atoms with van der Waals surface area (Å²) in [5, 5.41) is 10.5. The second-order valence-corrected chi connectivity index (χ2v) is 8.37. The third kappa shape index (κ3) is 3.70. The number of benzene rings is 2. The summed E-state index contributed by atoms with van der Waals surface area (Å²) in [6.45, 7) is 1.83. The van der Waals surface area contributed by atoms with Gasteiger partial charge in [0.05, 0.1) is 27.7 Å². The van der Waals surface area contributed by atoms with Crippen LogP contribution >= 0.6 is 35.0 Å². The number of fused-ring (bicyclic) bond motifs is 3. The van der Waals surface area contributed by atoms with Crippen molar-refractivity contribution >= 4 is 63.6 Å². The van der Waals surface area contributed by atoms with Crippen LogP contribution in [0.3, 0.4) is 0 Å². The van der Waals surface area contributed by atoms with Crippen LogP contribution in [0.15, 0.2) is 52.6 Å². The molecule has 2 atom stereocenters. The number of thioether (sulfide) groups is 1. The normalized spacial score (nSPS) is 18.6. The fourth-order valence-corrected chi connectivity index (χ4v) is 4.25. The fraction of sp³-hybridized carbons (Fsp3) is 0.211. The average Bonchev–Trinajstić information content (AvgIpc) is 3.15. The molecule has 1 N–H and O–H groups in total. The Kier molecular flexibility index (Phi) is 5.12. The Morgan fingerprint density at radius 3 is 2.96 bits per heavy atom. The number of carbonyl (C=O) groups is 1. The predicted octanol–water partition coefficient (Wildman–Crippen LogP) is 5.49. The van der Waals surface area contributed by atoms with E-state index in [1.807, 2.05) is 36.3 Å². The van der Waals surface area contributed by atoms with Gasteiger partial charge in [-0.3, -0.25) is 4.79 Å². The minimum absolute atomic E-state index is 0.138. The second kappa shape index (κ2) is 7.54. The standard InChI is InChI=1S/C19H16Cl2N4OS/c1-11(18(26)23-16-10-12(20)6-7-14(16)21)27-19-24-15-5-3-2-4-13(15)17-8-9-22-25(17)19/h2-7,9-11,17H,8H2,1H3,(H,23,26)/t11-,17+/m1/s1. The lowest BCUT2D eigenvalue weighted by molar-refractivity contribution is -0.115. The Morgan fingerprint density at radius 1 is 1.30 bits per heavy atom. The van der Waals surface area contributed by atoms with E-state index in [-0.39, 0.29) is 17.2 Å². The van der Waals surface area contributed by atoms with Crippen LogP contribution in [0.2, 0.25) is 10.0 Å². The van der Waals surface area contributed by atoms with E-state index in [9.17, 15) is 4.79 Å². The molecule has 0 spiro atoms. The number of amides is 1. The van der Waals surface area contributed by atoms with Crippen LogP contribution in [0.1, 0.15) is 24.9 Å². The molecule has 5 nitrogen and oxygen atoms in total. The summed E-state index contributed by atoms with van der Waals surface area (Å²) in [5.74, 6) is -0.176. The Bertz CT molecular complexity index is 962. The van der Waals surface area contributed by atoms with E-state index < -0.39 is 0 Å². The number of amidine groups is 1. The third-order valence-electron chi connectivity index (χ3n) is 4.38. The van der Waals surface area contributed by atoms with Crippen LogP contribution in [-0.2, 0) is 4.79 Å². The molecular formula is C19H16Cl2N4OS. The molecule has 0 saturated heterocycles. The number of rotatable bonds is 3. The quantitative estimate of drug-likeness (QED) is 0.716. The maximum absolute atomic E-state index is 12.6. The minimum Gasteiger partial charge on any atom is -0.324 e. The van der Waals surface area contributed by atoms with Crippen LogP contribution in [0.4, 0.5) is 11.4 Å². The van der Waals surface area contributed by atoms with Gasteiger partial charge in [-0.05, 0) is 31.2 Å². The van der Waals surface area contributed by atoms with E-state index in [2.05, 4.69) is 16.5 Å². The van der Waals surface area contributed by atoms with Crippen molar-refractivity contribution in [1.82, 2.24) is 5.01 Å². The molecule has 0 fully saturated rings. The lowest BCUT2D eigenvalue weighted by Crippen LogP contribution is -2.32. The highest BCUT2D eigenvalue weighted by atomic mass is 35.5. The number of halogens is 2. The summed E-state index contributed by atoms with van der Waals surface area (Å²) in [7, 11) is 0. The zero-order valence-electron chi connectivity index (χ0n) is 14.4. The molecule has 0 saturated carbocycles. The van der Waals surface area contributed by atoms with Crippen molar-refractivity contribution in [3.8, 4) is 0 Å². The smallest absolute Gasteiger partial charge is 0.237 e. The summed E-state index contributed by atoms with van der Waals surface area (Å²) in [6, 6.07) is 13.1. The van der Waals surface area contributed by atoms with Gasteiger partial charge in [0.1, 0.15) is 0 Å². The van der Waals surface area contributed by atoms with Crippen molar-refractivity contribution in [2.45, 2.75) is 24.6 Å². The Labute approximate surface area is 171 Å². The summed E-state index contributed by atoms with van der Waals surface area (Å²) >= 11 is 13.5. The topological polar surface area (TPSA) is 57.1 Å². The van der Waals surface area contributed by atoms with Crippen molar-refractivity contribution in [3.63, 3.8) is 0 Å². The number of carbonyl (C=O) groups excluding carboxylic acids is 1. The van der Waals surface area contributed by atoms with Gasteiger partial charge in [0.15, 0.2) is 5.17 Å². The molecule has 2 aliphatic rings. The number of nitrogens with zero attached hydrogens (tertiary/aromatic N) is 3. The number of anilines is 1. The Morgan fingerprint density at radius 2 is 2.11 bits per heavy atom. The lowest BCUT2D eigenvalue weighted by atomic mass is 10.0. The van der Waals surface area contributed by atoms with Gasteiger partial charge >= 0.3 is 0 Å². The Hall–Kier alpha value is -2.02. The maximum Gasteiger partial charge on any atom is 0.237 e. The first-order valence-electron chi connectivity index (χ1n) is 8.45. The number of hydrogen-bond donors (Lipinski definition) is 1. The molecule has 0 aliphatic carbocycles. The van der Waals surface area contributed by atoms with Gasteiger partial charge in [-0.1, -0.05) is 53.2 Å². The molecule has 0 bridgehead atoms. The molecule has 0 aromatic heterocycles. The first kappa shape index (κ1) is 18.3. The van der Waals surface area contributed by atoms with Gasteiger partial charge < -0.3 is 5.32 Å². The first-order valence-corrected chi connectivity index (χ1v) is 10.1. The first-order chi connectivity index (χ1) is 13.0. The monoisotopic (exact) mass is 418 g/mol. The zero-order chi connectivity index (χ0) is 19.0. The summed E-state index contributed by atoms with van der Waals surface area (Å²) in [6.07, 6.45) is 2.72. The van der Waals surface area contributed by atoms with Crippen molar-refractivity contribution in [2.75, 3.05) is 5.32 Å². The average molecular weight is 419 g/mol. The summed E-state index contributed by atoms with van der Waals surface area (Å²) < 4.78 is 0. The van der Waals surface area contributed by atoms with Crippen LogP contribution < -0.4 is 5.32 Å². The van der Waals surface area contributed by atoms with Crippen LogP contribution in [-0.4, -0.2) is 27.5 Å². The van der Waals surface area contributed by atoms with E-state index in [4.69, 9.17) is 28.2 Å². The SMILES string of the molecule is C[C@@H](SC1=Nc2ccccc2[C@@H]2CC=NN12)C(=O)Nc1cc(Cl)ccc1Cl. The molecule has 0 radical (unpaired) electrons. The molecule has 2 aromatic rings. The molecule has 2 heterocycles. The molecule has 27 heavy (non-hydrogen) atoms. The number of nitrogens with one attached hydrogen (secondary N) is 1. The highest BCUT2D eigenvalue weighted by Crippen LogP contribution is 2.41. The zero-order valence-corrected chi connectivity index (χ0v) is 16.7. The minimum atomic E-state index is -0.388. The van der Waals surface area contributed by atoms with Crippen molar-refractivity contribution in [2.24, 2.45) is 10.1 Å². The molecule has 138 valence electrons. The van der Waals surface area contributed by atoms with Gasteiger partial charge in [0.25, 0.3) is 0 Å². The molecule has 2 aliphatic heterocycles. The maximum atomic E-state index is 12.6. The van der Waals surface area contributed by atoms with Gasteiger partial charge in [0, 0.05) is 23.2 Å². The van der Waals surface area contributed by atoms with E-state index in [1.165, 1.54) is 11.8 Å². The molecule has 8 heteroatoms.